The molecule has 1 aromatic heterocycles. The number of carbonyl (C=O) groups is 1. The van der Waals surface area contributed by atoms with Crippen molar-refractivity contribution < 1.29 is 13.2 Å². The van der Waals surface area contributed by atoms with Gasteiger partial charge >= 0.3 is 0 Å². The van der Waals surface area contributed by atoms with E-state index < -0.39 is 9.84 Å². The number of fused-ring (bicyclic) bond motifs is 1. The van der Waals surface area contributed by atoms with Crippen molar-refractivity contribution in [3.63, 3.8) is 0 Å². The van der Waals surface area contributed by atoms with Crippen LogP contribution in [0.25, 0.3) is 10.2 Å². The quantitative estimate of drug-likeness (QED) is 0.463. The number of hydrogen-bond acceptors (Lipinski definition) is 6. The van der Waals surface area contributed by atoms with Crippen LogP contribution in [0.15, 0.2) is 41.3 Å². The number of benzene rings is 2. The van der Waals surface area contributed by atoms with Crippen LogP contribution in [0.1, 0.15) is 23.1 Å². The van der Waals surface area contributed by atoms with Gasteiger partial charge in [0.2, 0.25) is 5.91 Å². The average Bonchev–Trinajstić information content (AvgIpc) is 3.10. The van der Waals surface area contributed by atoms with E-state index in [0.717, 1.165) is 26.9 Å². The van der Waals surface area contributed by atoms with E-state index in [9.17, 15) is 13.2 Å². The number of likely N-dealkylation sites (N-methyl/N-ethyl adjacent to an activating group) is 1. The number of aromatic nitrogens is 1. The van der Waals surface area contributed by atoms with Crippen LogP contribution in [0.3, 0.4) is 0 Å². The summed E-state index contributed by atoms with van der Waals surface area (Å²) in [6, 6.07) is 10.8. The molecule has 0 aliphatic rings. The number of amides is 1. The second kappa shape index (κ2) is 10.7. The van der Waals surface area contributed by atoms with E-state index in [4.69, 9.17) is 4.98 Å². The number of thiazole rings is 1. The molecular weight excluding hydrogens is 466 g/mol. The SMILES string of the molecule is Cc1ccc(S(=O)(=O)CCC(=O)N(CCN(C)C)c2nc3cc(C)cc(C)c3s2)cc1.Cl. The van der Waals surface area contributed by atoms with Gasteiger partial charge in [-0.3, -0.25) is 9.69 Å². The average molecular weight is 496 g/mol. The molecule has 174 valence electrons. The Morgan fingerprint density at radius 2 is 1.66 bits per heavy atom. The van der Waals surface area contributed by atoms with Crippen molar-refractivity contribution in [3.05, 3.63) is 53.1 Å². The van der Waals surface area contributed by atoms with Crippen molar-refractivity contribution in [1.82, 2.24) is 9.88 Å². The van der Waals surface area contributed by atoms with E-state index in [1.54, 1.807) is 29.2 Å². The van der Waals surface area contributed by atoms with E-state index >= 15 is 0 Å². The second-order valence-corrected chi connectivity index (χ2v) is 11.2. The molecule has 0 aliphatic carbocycles. The Balaban J connectivity index is 0.00000363. The Morgan fingerprint density at radius 1 is 1.00 bits per heavy atom. The van der Waals surface area contributed by atoms with Crippen LogP contribution in [0.2, 0.25) is 0 Å². The molecule has 0 bridgehead atoms. The van der Waals surface area contributed by atoms with Crippen LogP contribution in [-0.2, 0) is 14.6 Å². The Labute approximate surface area is 200 Å². The summed E-state index contributed by atoms with van der Waals surface area (Å²) in [7, 11) is 0.351. The third-order valence-electron chi connectivity index (χ3n) is 5.08. The molecule has 1 heterocycles. The molecule has 6 nitrogen and oxygen atoms in total. The standard InChI is InChI=1S/C23H29N3O3S2.ClH/c1-16-6-8-19(9-7-16)31(28,29)13-10-21(27)26(12-11-25(4)5)23-24-20-15-17(2)14-18(3)22(20)30-23;/h6-9,14-15H,10-13H2,1-5H3;1H. The van der Waals surface area contributed by atoms with Crippen LogP contribution < -0.4 is 4.90 Å². The summed E-state index contributed by atoms with van der Waals surface area (Å²) in [4.78, 5) is 21.7. The Morgan fingerprint density at radius 3 is 2.28 bits per heavy atom. The highest BCUT2D eigenvalue weighted by Gasteiger charge is 2.23. The minimum absolute atomic E-state index is 0. The number of hydrogen-bond donors (Lipinski definition) is 0. The first-order valence-corrected chi connectivity index (χ1v) is 12.7. The van der Waals surface area contributed by atoms with Gasteiger partial charge in [0.25, 0.3) is 0 Å². The van der Waals surface area contributed by atoms with Crippen molar-refractivity contribution in [1.29, 1.82) is 0 Å². The molecule has 1 amide bonds. The lowest BCUT2D eigenvalue weighted by atomic mass is 10.1. The molecule has 9 heteroatoms. The number of sulfone groups is 1. The molecule has 0 aliphatic heterocycles. The summed E-state index contributed by atoms with van der Waals surface area (Å²) in [6.07, 6.45) is -0.0857. The molecule has 3 rings (SSSR count). The maximum atomic E-state index is 13.1. The molecule has 0 atom stereocenters. The molecule has 0 saturated heterocycles. The monoisotopic (exact) mass is 495 g/mol. The third-order valence-corrected chi connectivity index (χ3v) is 8.04. The maximum absolute atomic E-state index is 13.1. The molecule has 0 spiro atoms. The van der Waals surface area contributed by atoms with Gasteiger partial charge in [-0.25, -0.2) is 13.4 Å². The molecule has 0 fully saturated rings. The van der Waals surface area contributed by atoms with E-state index in [1.807, 2.05) is 45.8 Å². The van der Waals surface area contributed by atoms with Gasteiger partial charge in [-0.15, -0.1) is 12.4 Å². The van der Waals surface area contributed by atoms with Crippen LogP contribution >= 0.6 is 23.7 Å². The zero-order valence-corrected chi connectivity index (χ0v) is 21.5. The minimum Gasteiger partial charge on any atom is -0.308 e. The normalized spacial score (nSPS) is 11.6. The summed E-state index contributed by atoms with van der Waals surface area (Å²) < 4.78 is 26.5. The van der Waals surface area contributed by atoms with Crippen molar-refractivity contribution in [2.75, 3.05) is 37.8 Å². The fourth-order valence-corrected chi connectivity index (χ4v) is 5.62. The summed E-state index contributed by atoms with van der Waals surface area (Å²) >= 11 is 1.48. The smallest absolute Gasteiger partial charge is 0.229 e. The lowest BCUT2D eigenvalue weighted by Gasteiger charge is -2.22. The molecule has 3 aromatic rings. The number of rotatable bonds is 8. The third kappa shape index (κ3) is 6.28. The number of carbonyl (C=O) groups excluding carboxylic acids is 1. The van der Waals surface area contributed by atoms with E-state index in [-0.39, 0.29) is 35.4 Å². The van der Waals surface area contributed by atoms with Crippen LogP contribution in [-0.4, -0.2) is 57.1 Å². The van der Waals surface area contributed by atoms with Crippen molar-refractivity contribution in [3.8, 4) is 0 Å². The van der Waals surface area contributed by atoms with Gasteiger partial charge in [0.05, 0.1) is 20.9 Å². The van der Waals surface area contributed by atoms with Crippen molar-refractivity contribution in [2.45, 2.75) is 32.1 Å². The van der Waals surface area contributed by atoms with Crippen LogP contribution in [0.5, 0.6) is 0 Å². The zero-order valence-electron chi connectivity index (χ0n) is 19.1. The maximum Gasteiger partial charge on any atom is 0.229 e. The topological polar surface area (TPSA) is 70.6 Å². The lowest BCUT2D eigenvalue weighted by Crippen LogP contribution is -2.37. The van der Waals surface area contributed by atoms with Gasteiger partial charge in [0.15, 0.2) is 15.0 Å². The summed E-state index contributed by atoms with van der Waals surface area (Å²) in [5.41, 5.74) is 4.11. The van der Waals surface area contributed by atoms with Gasteiger partial charge in [-0.1, -0.05) is 35.1 Å². The fourth-order valence-electron chi connectivity index (χ4n) is 3.33. The highest BCUT2D eigenvalue weighted by molar-refractivity contribution is 7.91. The van der Waals surface area contributed by atoms with E-state index in [2.05, 4.69) is 6.07 Å². The Hall–Kier alpha value is -2.00. The predicted molar refractivity (Wildman–Crippen MR) is 135 cm³/mol. The highest BCUT2D eigenvalue weighted by Crippen LogP contribution is 2.32. The van der Waals surface area contributed by atoms with Gasteiger partial charge in [-0.2, -0.15) is 0 Å². The van der Waals surface area contributed by atoms with E-state index in [1.165, 1.54) is 11.3 Å². The first kappa shape index (κ1) is 26.3. The van der Waals surface area contributed by atoms with Crippen LogP contribution in [0, 0.1) is 20.8 Å². The number of nitrogens with zero attached hydrogens (tertiary/aromatic N) is 3. The molecule has 2 aromatic carbocycles. The van der Waals surface area contributed by atoms with E-state index in [0.29, 0.717) is 18.2 Å². The van der Waals surface area contributed by atoms with Gasteiger partial charge in [0, 0.05) is 19.5 Å². The first-order chi connectivity index (χ1) is 14.6. The minimum atomic E-state index is -3.53. The van der Waals surface area contributed by atoms with Gasteiger partial charge < -0.3 is 4.90 Å². The second-order valence-electron chi connectivity index (χ2n) is 8.16. The van der Waals surface area contributed by atoms with Gasteiger partial charge in [0.1, 0.15) is 0 Å². The molecule has 0 unspecified atom stereocenters. The summed E-state index contributed by atoms with van der Waals surface area (Å²) in [6.45, 7) is 7.08. The number of anilines is 1. The number of aryl methyl sites for hydroxylation is 3. The molecule has 0 radical (unpaired) electrons. The summed E-state index contributed by atoms with van der Waals surface area (Å²) in [5.74, 6) is -0.456. The predicted octanol–water partition coefficient (Wildman–Crippen LogP) is 4.40. The lowest BCUT2D eigenvalue weighted by molar-refractivity contribution is -0.118. The molecule has 0 saturated carbocycles. The zero-order chi connectivity index (χ0) is 22.8. The van der Waals surface area contributed by atoms with Crippen molar-refractivity contribution >= 4 is 54.8 Å². The molecule has 0 N–H and O–H groups in total. The largest absolute Gasteiger partial charge is 0.308 e. The first-order valence-electron chi connectivity index (χ1n) is 10.2. The summed E-state index contributed by atoms with van der Waals surface area (Å²) in [5, 5.41) is 0.614. The Bertz CT molecular complexity index is 1190. The Kier molecular flexibility index (Phi) is 8.82. The molecular formula is C23H30ClN3O3S2. The number of halogens is 1. The van der Waals surface area contributed by atoms with Gasteiger partial charge in [-0.05, 0) is 64.2 Å². The van der Waals surface area contributed by atoms with Crippen LogP contribution in [0.4, 0.5) is 5.13 Å². The molecule has 32 heavy (non-hydrogen) atoms. The van der Waals surface area contributed by atoms with Crippen molar-refractivity contribution in [2.24, 2.45) is 0 Å². The highest BCUT2D eigenvalue weighted by atomic mass is 35.5. The fraction of sp³-hybridized carbons (Fsp3) is 0.391.